The van der Waals surface area contributed by atoms with Gasteiger partial charge in [0, 0.05) is 10.8 Å². The molecule has 10 aromatic carbocycles. The highest BCUT2D eigenvalue weighted by Gasteiger charge is 2.21. The predicted molar refractivity (Wildman–Crippen MR) is 225 cm³/mol. The number of hydrogen-bond acceptors (Lipinski definition) is 1. The van der Waals surface area contributed by atoms with Gasteiger partial charge in [-0.3, -0.25) is 0 Å². The Morgan fingerprint density at radius 3 is 1.58 bits per heavy atom. The summed E-state index contributed by atoms with van der Waals surface area (Å²) in [6.07, 6.45) is 0. The lowest BCUT2D eigenvalue weighted by molar-refractivity contribution is 0.669. The van der Waals surface area contributed by atoms with Crippen molar-refractivity contribution in [3.05, 3.63) is 194 Å². The third-order valence-electron chi connectivity index (χ3n) is 10.6. The third kappa shape index (κ3) is 4.58. The van der Waals surface area contributed by atoms with Crippen LogP contribution in [-0.2, 0) is 0 Å². The topological polar surface area (TPSA) is 13.1 Å². The van der Waals surface area contributed by atoms with Crippen LogP contribution in [0.15, 0.2) is 198 Å². The summed E-state index contributed by atoms with van der Waals surface area (Å²) in [7, 11) is 0. The quantitative estimate of drug-likeness (QED) is 0.169. The maximum atomic E-state index is 9.99. The minimum absolute atomic E-state index is 0.125. The van der Waals surface area contributed by atoms with Crippen LogP contribution in [0.3, 0.4) is 0 Å². The number of rotatable bonds is 4. The van der Waals surface area contributed by atoms with Gasteiger partial charge in [0.2, 0.25) is 0 Å². The Morgan fingerprint density at radius 2 is 0.887 bits per heavy atom. The molecule has 11 rings (SSSR count). The van der Waals surface area contributed by atoms with E-state index in [4.69, 9.17) is 7.16 Å². The van der Waals surface area contributed by atoms with E-state index in [0.717, 1.165) is 60.0 Å². The summed E-state index contributed by atoms with van der Waals surface area (Å²) in [5, 5.41) is 7.67. The molecule has 0 saturated heterocycles. The Hall–Kier alpha value is -6.96. The molecule has 11 aromatic rings. The van der Waals surface area contributed by atoms with Gasteiger partial charge in [-0.05, 0) is 106 Å². The summed E-state index contributed by atoms with van der Waals surface area (Å²) in [6, 6.07) is 50.7. The van der Waals surface area contributed by atoms with Crippen LogP contribution in [-0.4, -0.2) is 0 Å². The van der Waals surface area contributed by atoms with Gasteiger partial charge >= 0.3 is 0 Å². The summed E-state index contributed by atoms with van der Waals surface area (Å²) in [5.41, 5.74) is 6.97. The molecule has 0 bridgehead atoms. The summed E-state index contributed by atoms with van der Waals surface area (Å²) in [6.45, 7) is 0. The fraction of sp³-hybridized carbons (Fsp3) is 0. The summed E-state index contributed by atoms with van der Waals surface area (Å²) >= 11 is 0. The molecule has 0 atom stereocenters. The van der Waals surface area contributed by atoms with Crippen LogP contribution in [0.1, 0.15) is 8.22 Å². The standard InChI is InChI=1S/C52H32O/c1-2-15-34(16-3-1)49-42-20-8-10-22-44(42)50(45-23-11-9-21-43(45)49)46-31-30-40(38-18-6-7-19-39(38)46)41-25-13-27-48-52(41)51-37(24-12-26-47(51)53-48)36-29-28-33-14-4-5-17-35(33)32-36/h1-32H/i6D,7D,18D,19D,30D,31D. The maximum absolute atomic E-state index is 9.99. The Balaban J connectivity index is 1.29. The predicted octanol–water partition coefficient (Wildman–Crippen LogP) is 14.9. The highest BCUT2D eigenvalue weighted by Crippen LogP contribution is 2.48. The first-order valence-corrected chi connectivity index (χ1v) is 17.8. The molecule has 246 valence electrons. The van der Waals surface area contributed by atoms with Crippen LogP contribution in [0.25, 0.3) is 110 Å². The van der Waals surface area contributed by atoms with E-state index < -0.39 is 12.1 Å². The lowest BCUT2D eigenvalue weighted by Gasteiger charge is -2.20. The van der Waals surface area contributed by atoms with E-state index in [-0.39, 0.29) is 40.5 Å². The average Bonchev–Trinajstić information content (AvgIpc) is 3.67. The zero-order valence-corrected chi connectivity index (χ0v) is 28.4. The number of furan rings is 1. The second-order valence-electron chi connectivity index (χ2n) is 13.5. The minimum Gasteiger partial charge on any atom is -0.456 e. The van der Waals surface area contributed by atoms with Gasteiger partial charge in [0.25, 0.3) is 0 Å². The first kappa shape index (κ1) is 24.3. The molecule has 0 aliphatic rings. The smallest absolute Gasteiger partial charge is 0.136 e. The van der Waals surface area contributed by atoms with Crippen molar-refractivity contribution in [1.29, 1.82) is 0 Å². The van der Waals surface area contributed by atoms with Crippen LogP contribution in [0.2, 0.25) is 0 Å². The molecule has 0 aliphatic carbocycles. The zero-order chi connectivity index (χ0) is 40.1. The largest absolute Gasteiger partial charge is 0.456 e. The van der Waals surface area contributed by atoms with Crippen molar-refractivity contribution in [1.82, 2.24) is 0 Å². The number of benzene rings is 10. The fourth-order valence-corrected chi connectivity index (χ4v) is 8.31. The van der Waals surface area contributed by atoms with E-state index >= 15 is 0 Å². The monoisotopic (exact) mass is 678 g/mol. The molecule has 0 radical (unpaired) electrons. The minimum atomic E-state index is -0.401. The van der Waals surface area contributed by atoms with Gasteiger partial charge < -0.3 is 4.42 Å². The molecule has 53 heavy (non-hydrogen) atoms. The van der Waals surface area contributed by atoms with Crippen molar-refractivity contribution in [2.75, 3.05) is 0 Å². The Morgan fingerprint density at radius 1 is 0.340 bits per heavy atom. The van der Waals surface area contributed by atoms with Crippen molar-refractivity contribution in [2.45, 2.75) is 0 Å². The number of hydrogen-bond donors (Lipinski definition) is 0. The summed E-state index contributed by atoms with van der Waals surface area (Å²) in [5.74, 6) is 0. The molecule has 0 fully saturated rings. The van der Waals surface area contributed by atoms with Crippen LogP contribution in [0, 0.1) is 0 Å². The van der Waals surface area contributed by atoms with E-state index in [2.05, 4.69) is 60.7 Å². The van der Waals surface area contributed by atoms with E-state index in [0.29, 0.717) is 33.2 Å². The van der Waals surface area contributed by atoms with Gasteiger partial charge in [0.1, 0.15) is 11.2 Å². The van der Waals surface area contributed by atoms with E-state index in [1.807, 2.05) is 97.1 Å². The lowest BCUT2D eigenvalue weighted by atomic mass is 9.83. The van der Waals surface area contributed by atoms with Crippen LogP contribution >= 0.6 is 0 Å². The van der Waals surface area contributed by atoms with Crippen LogP contribution < -0.4 is 0 Å². The van der Waals surface area contributed by atoms with Gasteiger partial charge in [0.05, 0.1) is 8.22 Å². The lowest BCUT2D eigenvalue weighted by Crippen LogP contribution is -1.92. The molecular formula is C52H32O. The first-order chi connectivity index (χ1) is 28.8. The molecule has 1 heterocycles. The van der Waals surface area contributed by atoms with E-state index in [9.17, 15) is 5.48 Å². The fourth-order valence-electron chi connectivity index (χ4n) is 8.31. The SMILES string of the molecule is [2H]c1c([2H])c([2H])c2c(-c3cccc4oc5cccc(-c6ccc7ccccc7c6)c5c34)c([2H])c([2H])c(-c3c4ccccc4c(-c4ccccc4)c4ccccc34)c2c1[2H]. The third-order valence-corrected chi connectivity index (χ3v) is 10.6. The van der Waals surface area contributed by atoms with Gasteiger partial charge in [-0.2, -0.15) is 0 Å². The highest BCUT2D eigenvalue weighted by atomic mass is 16.3. The first-order valence-electron chi connectivity index (χ1n) is 20.8. The van der Waals surface area contributed by atoms with Crippen LogP contribution in [0.5, 0.6) is 0 Å². The average molecular weight is 679 g/mol. The van der Waals surface area contributed by atoms with Crippen molar-refractivity contribution in [2.24, 2.45) is 0 Å². The Bertz CT molecular complexity index is 3510. The second-order valence-corrected chi connectivity index (χ2v) is 13.5. The number of fused-ring (bicyclic) bond motifs is 7. The molecule has 0 saturated carbocycles. The van der Waals surface area contributed by atoms with E-state index in [1.165, 1.54) is 0 Å². The van der Waals surface area contributed by atoms with Gasteiger partial charge in [-0.25, -0.2) is 0 Å². The molecule has 0 amide bonds. The Labute approximate surface area is 315 Å². The molecule has 1 aromatic heterocycles. The molecule has 1 heteroatoms. The van der Waals surface area contributed by atoms with Crippen LogP contribution in [0.4, 0.5) is 0 Å². The van der Waals surface area contributed by atoms with Crippen molar-refractivity contribution in [3.8, 4) is 44.5 Å². The van der Waals surface area contributed by atoms with Gasteiger partial charge in [-0.1, -0.05) is 176 Å². The zero-order valence-electron chi connectivity index (χ0n) is 34.4. The Kier molecular flexibility index (Phi) is 5.40. The molecular weight excluding hydrogens is 641 g/mol. The van der Waals surface area contributed by atoms with Crippen molar-refractivity contribution >= 4 is 65.0 Å². The molecule has 1 nitrogen and oxygen atoms in total. The van der Waals surface area contributed by atoms with Gasteiger partial charge in [-0.15, -0.1) is 0 Å². The highest BCUT2D eigenvalue weighted by molar-refractivity contribution is 6.25. The van der Waals surface area contributed by atoms with Crippen molar-refractivity contribution in [3.63, 3.8) is 0 Å². The second kappa shape index (κ2) is 11.8. The summed E-state index contributed by atoms with van der Waals surface area (Å²) < 4.78 is 63.5. The molecule has 0 N–H and O–H groups in total. The maximum Gasteiger partial charge on any atom is 0.136 e. The molecule has 0 spiro atoms. The normalized spacial score (nSPS) is 13.4. The van der Waals surface area contributed by atoms with Crippen molar-refractivity contribution < 1.29 is 12.6 Å². The molecule has 0 unspecified atom stereocenters. The van der Waals surface area contributed by atoms with Gasteiger partial charge in [0.15, 0.2) is 0 Å². The van der Waals surface area contributed by atoms with E-state index in [1.54, 1.807) is 0 Å². The summed E-state index contributed by atoms with van der Waals surface area (Å²) in [4.78, 5) is 0. The molecule has 0 aliphatic heterocycles.